The molecule has 5 heteroatoms. The van der Waals surface area contributed by atoms with Crippen molar-refractivity contribution in [3.63, 3.8) is 0 Å². The topological polar surface area (TPSA) is 38.3 Å². The summed E-state index contributed by atoms with van der Waals surface area (Å²) in [6.07, 6.45) is 1.78. The third-order valence-electron chi connectivity index (χ3n) is 2.56. The molecular weight excluding hydrogens is 318 g/mol. The molecule has 0 fully saturated rings. The average Bonchev–Trinajstić information content (AvgIpc) is 2.36. The zero-order valence-electron chi connectivity index (χ0n) is 10.5. The lowest BCUT2D eigenvalue weighted by atomic mass is 10.1. The molecular formula is C13H17BrClNO2. The molecule has 0 aliphatic heterocycles. The van der Waals surface area contributed by atoms with Gasteiger partial charge in [-0.1, -0.05) is 0 Å². The van der Waals surface area contributed by atoms with Crippen LogP contribution in [0.1, 0.15) is 30.1 Å². The van der Waals surface area contributed by atoms with Crippen molar-refractivity contribution in [1.29, 1.82) is 0 Å². The molecule has 0 spiro atoms. The molecule has 0 saturated carbocycles. The summed E-state index contributed by atoms with van der Waals surface area (Å²) in [4.78, 5) is 12.0. The Morgan fingerprint density at radius 2 is 2.28 bits per heavy atom. The molecule has 1 amide bonds. The van der Waals surface area contributed by atoms with Crippen LogP contribution in [0, 0.1) is 0 Å². The number of rotatable bonds is 6. The molecule has 18 heavy (non-hydrogen) atoms. The van der Waals surface area contributed by atoms with E-state index in [0.717, 1.165) is 17.3 Å². The predicted octanol–water partition coefficient (Wildman–Crippen LogP) is 3.60. The average molecular weight is 335 g/mol. The Kier molecular flexibility index (Phi) is 6.50. The first kappa shape index (κ1) is 15.3. The molecule has 0 radical (unpaired) electrons. The fourth-order valence-electron chi connectivity index (χ4n) is 1.57. The molecule has 1 atom stereocenters. The smallest absolute Gasteiger partial charge is 0.251 e. The molecule has 1 rings (SSSR count). The molecule has 0 aliphatic rings. The van der Waals surface area contributed by atoms with Gasteiger partial charge in [0.05, 0.1) is 11.6 Å². The summed E-state index contributed by atoms with van der Waals surface area (Å²) in [6, 6.07) is 5.38. The monoisotopic (exact) mass is 333 g/mol. The first-order valence-electron chi connectivity index (χ1n) is 5.79. The molecule has 0 aromatic heterocycles. The Bertz CT molecular complexity index is 412. The van der Waals surface area contributed by atoms with Gasteiger partial charge < -0.3 is 10.1 Å². The highest BCUT2D eigenvalue weighted by molar-refractivity contribution is 9.10. The van der Waals surface area contributed by atoms with Gasteiger partial charge in [-0.15, -0.1) is 11.6 Å². The Morgan fingerprint density at radius 3 is 2.83 bits per heavy atom. The van der Waals surface area contributed by atoms with Gasteiger partial charge >= 0.3 is 0 Å². The minimum Gasteiger partial charge on any atom is -0.496 e. The second kappa shape index (κ2) is 7.64. The molecule has 0 saturated heterocycles. The van der Waals surface area contributed by atoms with Crippen LogP contribution in [0.2, 0.25) is 0 Å². The van der Waals surface area contributed by atoms with Crippen molar-refractivity contribution in [2.24, 2.45) is 0 Å². The van der Waals surface area contributed by atoms with Crippen LogP contribution in [0.3, 0.4) is 0 Å². The largest absolute Gasteiger partial charge is 0.496 e. The van der Waals surface area contributed by atoms with Crippen LogP contribution < -0.4 is 10.1 Å². The molecule has 0 heterocycles. The Labute approximate surface area is 121 Å². The third-order valence-corrected chi connectivity index (χ3v) is 3.45. The van der Waals surface area contributed by atoms with Crippen molar-refractivity contribution >= 4 is 33.4 Å². The number of alkyl halides is 1. The molecule has 0 aliphatic carbocycles. The minimum atomic E-state index is -0.0829. The van der Waals surface area contributed by atoms with Crippen molar-refractivity contribution in [2.45, 2.75) is 25.8 Å². The molecule has 1 aromatic carbocycles. The number of hydrogen-bond donors (Lipinski definition) is 1. The number of halogens is 2. The fraction of sp³-hybridized carbons (Fsp3) is 0.462. The van der Waals surface area contributed by atoms with Crippen LogP contribution in [-0.2, 0) is 0 Å². The fourth-order valence-corrected chi connectivity index (χ4v) is 2.27. The second-order valence-corrected chi connectivity index (χ2v) is 5.29. The van der Waals surface area contributed by atoms with Crippen molar-refractivity contribution in [3.05, 3.63) is 28.2 Å². The van der Waals surface area contributed by atoms with Crippen molar-refractivity contribution < 1.29 is 9.53 Å². The summed E-state index contributed by atoms with van der Waals surface area (Å²) < 4.78 is 5.89. The second-order valence-electron chi connectivity index (χ2n) is 4.06. The summed E-state index contributed by atoms with van der Waals surface area (Å²) in [5.74, 6) is 1.25. The van der Waals surface area contributed by atoms with Gasteiger partial charge in [0.15, 0.2) is 0 Å². The number of benzene rings is 1. The van der Waals surface area contributed by atoms with Gasteiger partial charge in [0, 0.05) is 17.5 Å². The normalized spacial score (nSPS) is 12.0. The van der Waals surface area contributed by atoms with Gasteiger partial charge in [-0.25, -0.2) is 0 Å². The van der Waals surface area contributed by atoms with Gasteiger partial charge in [0.25, 0.3) is 5.91 Å². The van der Waals surface area contributed by atoms with Crippen LogP contribution >= 0.6 is 27.5 Å². The number of methoxy groups -OCH3 is 1. The Balaban J connectivity index is 2.64. The quantitative estimate of drug-likeness (QED) is 0.807. The molecule has 3 nitrogen and oxygen atoms in total. The standard InChI is InChI=1S/C13H17BrClNO2/c1-9(4-3-7-15)16-13(17)10-5-6-12(18-2)11(14)8-10/h5-6,8-9H,3-4,7H2,1-2H3,(H,16,17). The number of carbonyl (C=O) groups excluding carboxylic acids is 1. The maximum atomic E-state index is 12.0. The number of ether oxygens (including phenoxy) is 1. The highest BCUT2D eigenvalue weighted by atomic mass is 79.9. The van der Waals surface area contributed by atoms with Crippen molar-refractivity contribution in [3.8, 4) is 5.75 Å². The number of nitrogens with one attached hydrogen (secondary N) is 1. The van der Waals surface area contributed by atoms with E-state index in [2.05, 4.69) is 21.2 Å². The maximum absolute atomic E-state index is 12.0. The first-order chi connectivity index (χ1) is 8.58. The third kappa shape index (κ3) is 4.50. The number of carbonyl (C=O) groups is 1. The van der Waals surface area contributed by atoms with Crippen LogP contribution in [0.5, 0.6) is 5.75 Å². The Morgan fingerprint density at radius 1 is 1.56 bits per heavy atom. The lowest BCUT2D eigenvalue weighted by Gasteiger charge is -2.13. The predicted molar refractivity (Wildman–Crippen MR) is 77.6 cm³/mol. The van der Waals surface area contributed by atoms with Crippen LogP contribution in [0.4, 0.5) is 0 Å². The van der Waals surface area contributed by atoms with E-state index in [1.807, 2.05) is 6.92 Å². The van der Waals surface area contributed by atoms with Crippen LogP contribution in [-0.4, -0.2) is 24.9 Å². The number of amides is 1. The minimum absolute atomic E-state index is 0.0829. The van der Waals surface area contributed by atoms with E-state index >= 15 is 0 Å². The molecule has 1 N–H and O–H groups in total. The van der Waals surface area contributed by atoms with Gasteiger partial charge in [0.2, 0.25) is 0 Å². The van der Waals surface area contributed by atoms with E-state index in [0.29, 0.717) is 17.2 Å². The first-order valence-corrected chi connectivity index (χ1v) is 7.11. The van der Waals surface area contributed by atoms with Crippen LogP contribution in [0.15, 0.2) is 22.7 Å². The van der Waals surface area contributed by atoms with E-state index in [1.165, 1.54) is 0 Å². The summed E-state index contributed by atoms with van der Waals surface area (Å²) in [5, 5.41) is 2.94. The molecule has 1 unspecified atom stereocenters. The summed E-state index contributed by atoms with van der Waals surface area (Å²) in [5.41, 5.74) is 0.611. The maximum Gasteiger partial charge on any atom is 0.251 e. The lowest BCUT2D eigenvalue weighted by molar-refractivity contribution is 0.0938. The van der Waals surface area contributed by atoms with E-state index < -0.39 is 0 Å². The van der Waals surface area contributed by atoms with Crippen molar-refractivity contribution in [1.82, 2.24) is 5.32 Å². The summed E-state index contributed by atoms with van der Waals surface area (Å²) >= 11 is 8.98. The number of hydrogen-bond acceptors (Lipinski definition) is 2. The summed E-state index contributed by atoms with van der Waals surface area (Å²) in [7, 11) is 1.59. The van der Waals surface area contributed by atoms with E-state index in [9.17, 15) is 4.79 Å². The van der Waals surface area contributed by atoms with Gasteiger partial charge in [0.1, 0.15) is 5.75 Å². The molecule has 1 aromatic rings. The lowest BCUT2D eigenvalue weighted by Crippen LogP contribution is -2.32. The van der Waals surface area contributed by atoms with Gasteiger partial charge in [-0.2, -0.15) is 0 Å². The Hall–Kier alpha value is -0.740. The van der Waals surface area contributed by atoms with E-state index in [4.69, 9.17) is 16.3 Å². The van der Waals surface area contributed by atoms with E-state index in [-0.39, 0.29) is 11.9 Å². The highest BCUT2D eigenvalue weighted by Gasteiger charge is 2.11. The molecule has 0 bridgehead atoms. The van der Waals surface area contributed by atoms with Crippen LogP contribution in [0.25, 0.3) is 0 Å². The molecule has 100 valence electrons. The highest BCUT2D eigenvalue weighted by Crippen LogP contribution is 2.25. The summed E-state index contributed by atoms with van der Waals surface area (Å²) in [6.45, 7) is 1.98. The zero-order chi connectivity index (χ0) is 13.5. The van der Waals surface area contributed by atoms with Gasteiger partial charge in [-0.05, 0) is 53.9 Å². The van der Waals surface area contributed by atoms with E-state index in [1.54, 1.807) is 25.3 Å². The van der Waals surface area contributed by atoms with Crippen molar-refractivity contribution in [2.75, 3.05) is 13.0 Å². The van der Waals surface area contributed by atoms with Gasteiger partial charge in [-0.3, -0.25) is 4.79 Å². The zero-order valence-corrected chi connectivity index (χ0v) is 12.8. The SMILES string of the molecule is COc1ccc(C(=O)NC(C)CCCCl)cc1Br.